The number of benzene rings is 1. The molecule has 6 heteroatoms. The van der Waals surface area contributed by atoms with Crippen LogP contribution in [0.15, 0.2) is 24.4 Å². The van der Waals surface area contributed by atoms with E-state index in [9.17, 15) is 4.39 Å². The number of rotatable bonds is 1. The third kappa shape index (κ3) is 2.66. The molecular weight excluding hydrogens is 307 g/mol. The Kier molecular flexibility index (Phi) is 3.79. The molecule has 2 aromatic rings. The van der Waals surface area contributed by atoms with E-state index in [2.05, 4.69) is 4.98 Å². The van der Waals surface area contributed by atoms with E-state index in [1.54, 1.807) is 6.07 Å². The van der Waals surface area contributed by atoms with Crippen LogP contribution in [0.2, 0.25) is 20.1 Å². The minimum Gasteiger partial charge on any atom is -0.252 e. The molecule has 0 amide bonds. The van der Waals surface area contributed by atoms with E-state index in [0.717, 1.165) is 12.3 Å². The highest BCUT2D eigenvalue weighted by molar-refractivity contribution is 6.45. The number of aromatic nitrogens is 1. The first-order chi connectivity index (χ1) is 7.99. The number of pyridine rings is 1. The van der Waals surface area contributed by atoms with Crippen LogP contribution in [0.4, 0.5) is 4.39 Å². The second kappa shape index (κ2) is 4.99. The lowest BCUT2D eigenvalue weighted by Crippen LogP contribution is -1.89. The summed E-state index contributed by atoms with van der Waals surface area (Å²) in [5.41, 5.74) is 0.802. The van der Waals surface area contributed by atoms with Crippen molar-refractivity contribution in [1.82, 2.24) is 4.98 Å². The zero-order valence-corrected chi connectivity index (χ0v) is 11.2. The molecule has 0 saturated heterocycles. The predicted molar refractivity (Wildman–Crippen MR) is 69.7 cm³/mol. The summed E-state index contributed by atoms with van der Waals surface area (Å²) in [6.07, 6.45) is 1.05. The molecule has 2 rings (SSSR count). The Morgan fingerprint density at radius 1 is 0.941 bits per heavy atom. The first-order valence-electron chi connectivity index (χ1n) is 4.45. The van der Waals surface area contributed by atoms with Crippen LogP contribution in [0.5, 0.6) is 0 Å². The Balaban J connectivity index is 2.68. The van der Waals surface area contributed by atoms with Gasteiger partial charge in [-0.1, -0.05) is 46.4 Å². The van der Waals surface area contributed by atoms with E-state index in [0.29, 0.717) is 16.3 Å². The Bertz CT molecular complexity index is 586. The molecule has 88 valence electrons. The van der Waals surface area contributed by atoms with Crippen LogP contribution in [0.25, 0.3) is 11.3 Å². The first-order valence-corrected chi connectivity index (χ1v) is 5.96. The Morgan fingerprint density at radius 3 is 2.29 bits per heavy atom. The average molecular weight is 311 g/mol. The van der Waals surface area contributed by atoms with Crippen LogP contribution < -0.4 is 0 Å². The maximum Gasteiger partial charge on any atom is 0.143 e. The van der Waals surface area contributed by atoms with Crippen LogP contribution in [0.3, 0.4) is 0 Å². The molecule has 0 aliphatic heterocycles. The van der Waals surface area contributed by atoms with E-state index < -0.39 is 5.82 Å². The third-order valence-corrected chi connectivity index (χ3v) is 3.36. The molecule has 0 aliphatic carbocycles. The summed E-state index contributed by atoms with van der Waals surface area (Å²) < 4.78 is 12.9. The van der Waals surface area contributed by atoms with Crippen molar-refractivity contribution >= 4 is 46.4 Å². The number of nitrogens with zero attached hydrogens (tertiary/aromatic N) is 1. The molecule has 0 aliphatic rings. The van der Waals surface area contributed by atoms with Gasteiger partial charge >= 0.3 is 0 Å². The highest BCUT2D eigenvalue weighted by atomic mass is 35.5. The molecule has 1 heterocycles. The van der Waals surface area contributed by atoms with Crippen LogP contribution in [-0.4, -0.2) is 4.98 Å². The lowest BCUT2D eigenvalue weighted by Gasteiger charge is -2.08. The maximum atomic E-state index is 12.9. The molecule has 1 aromatic carbocycles. The van der Waals surface area contributed by atoms with Crippen molar-refractivity contribution < 1.29 is 4.39 Å². The van der Waals surface area contributed by atoms with Gasteiger partial charge in [0.1, 0.15) is 5.82 Å². The third-order valence-electron chi connectivity index (χ3n) is 2.06. The van der Waals surface area contributed by atoms with Gasteiger partial charge in [-0.05, 0) is 18.2 Å². The molecule has 0 radical (unpaired) electrons. The second-order valence-electron chi connectivity index (χ2n) is 3.23. The first kappa shape index (κ1) is 12.9. The zero-order chi connectivity index (χ0) is 12.6. The van der Waals surface area contributed by atoms with Gasteiger partial charge in [-0.15, -0.1) is 0 Å². The largest absolute Gasteiger partial charge is 0.252 e. The molecule has 17 heavy (non-hydrogen) atoms. The van der Waals surface area contributed by atoms with Crippen molar-refractivity contribution in [2.24, 2.45) is 0 Å². The van der Waals surface area contributed by atoms with Crippen molar-refractivity contribution in [3.63, 3.8) is 0 Å². The number of hydrogen-bond acceptors (Lipinski definition) is 1. The topological polar surface area (TPSA) is 12.9 Å². The number of halogens is 5. The van der Waals surface area contributed by atoms with E-state index in [1.807, 2.05) is 0 Å². The maximum absolute atomic E-state index is 12.9. The monoisotopic (exact) mass is 309 g/mol. The van der Waals surface area contributed by atoms with Crippen LogP contribution >= 0.6 is 46.4 Å². The fourth-order valence-corrected chi connectivity index (χ4v) is 2.29. The van der Waals surface area contributed by atoms with E-state index in [-0.39, 0.29) is 15.1 Å². The van der Waals surface area contributed by atoms with Gasteiger partial charge in [0.2, 0.25) is 0 Å². The van der Waals surface area contributed by atoms with Gasteiger partial charge in [0.05, 0.1) is 27.0 Å². The zero-order valence-electron chi connectivity index (χ0n) is 8.15. The SMILES string of the molecule is Fc1cnc(-c2cc(Cl)cc(Cl)c2Cl)c(Cl)c1. The minimum absolute atomic E-state index is 0.144. The summed E-state index contributed by atoms with van der Waals surface area (Å²) in [6, 6.07) is 4.23. The minimum atomic E-state index is -0.525. The second-order valence-corrected chi connectivity index (χ2v) is 4.86. The molecule has 0 saturated carbocycles. The van der Waals surface area contributed by atoms with Crippen molar-refractivity contribution in [1.29, 1.82) is 0 Å². The van der Waals surface area contributed by atoms with Crippen molar-refractivity contribution in [3.8, 4) is 11.3 Å². The fraction of sp³-hybridized carbons (Fsp3) is 0. The van der Waals surface area contributed by atoms with Gasteiger partial charge in [-0.3, -0.25) is 4.98 Å². The van der Waals surface area contributed by atoms with Crippen LogP contribution in [0.1, 0.15) is 0 Å². The molecule has 0 atom stereocenters. The normalized spacial score (nSPS) is 10.6. The molecule has 1 aromatic heterocycles. The lowest BCUT2D eigenvalue weighted by atomic mass is 10.1. The van der Waals surface area contributed by atoms with Gasteiger partial charge in [0, 0.05) is 10.6 Å². The van der Waals surface area contributed by atoms with E-state index in [1.165, 1.54) is 6.07 Å². The lowest BCUT2D eigenvalue weighted by molar-refractivity contribution is 0.622. The predicted octanol–water partition coefficient (Wildman–Crippen LogP) is 5.50. The van der Waals surface area contributed by atoms with Gasteiger partial charge in [-0.2, -0.15) is 0 Å². The summed E-state index contributed by atoms with van der Waals surface area (Å²) in [6.45, 7) is 0. The summed E-state index contributed by atoms with van der Waals surface area (Å²) in [4.78, 5) is 3.88. The van der Waals surface area contributed by atoms with E-state index >= 15 is 0 Å². The molecule has 0 N–H and O–H groups in total. The van der Waals surface area contributed by atoms with Gasteiger partial charge in [-0.25, -0.2) is 4.39 Å². The highest BCUT2D eigenvalue weighted by Crippen LogP contribution is 2.38. The van der Waals surface area contributed by atoms with Gasteiger partial charge in [0.25, 0.3) is 0 Å². The summed E-state index contributed by atoms with van der Waals surface area (Å²) in [5, 5.41) is 1.11. The van der Waals surface area contributed by atoms with Crippen LogP contribution in [0, 0.1) is 5.82 Å². The molecule has 0 unspecified atom stereocenters. The smallest absolute Gasteiger partial charge is 0.143 e. The fourth-order valence-electron chi connectivity index (χ4n) is 1.34. The molecule has 0 bridgehead atoms. The summed E-state index contributed by atoms with van der Waals surface area (Å²) in [5.74, 6) is -0.525. The van der Waals surface area contributed by atoms with Crippen molar-refractivity contribution in [2.45, 2.75) is 0 Å². The van der Waals surface area contributed by atoms with Gasteiger partial charge in [0.15, 0.2) is 0 Å². The number of hydrogen-bond donors (Lipinski definition) is 0. The summed E-state index contributed by atoms with van der Waals surface area (Å²) in [7, 11) is 0. The quantitative estimate of drug-likeness (QED) is 0.634. The molecule has 0 fully saturated rings. The Hall–Kier alpha value is -0.540. The van der Waals surface area contributed by atoms with E-state index in [4.69, 9.17) is 46.4 Å². The highest BCUT2D eigenvalue weighted by Gasteiger charge is 2.13. The Labute approximate surface area is 117 Å². The average Bonchev–Trinajstić information content (AvgIpc) is 2.24. The molecular formula is C11H4Cl4FN. The Morgan fingerprint density at radius 2 is 1.65 bits per heavy atom. The molecule has 1 nitrogen and oxygen atoms in total. The van der Waals surface area contributed by atoms with Crippen LogP contribution in [-0.2, 0) is 0 Å². The van der Waals surface area contributed by atoms with Crippen molar-refractivity contribution in [3.05, 3.63) is 50.3 Å². The standard InChI is InChI=1S/C11H4Cl4FN/c12-5-1-7(10(15)8(13)2-5)11-9(14)3-6(16)4-17-11/h1-4H. The molecule has 0 spiro atoms. The van der Waals surface area contributed by atoms with Crippen molar-refractivity contribution in [2.75, 3.05) is 0 Å². The summed E-state index contributed by atoms with van der Waals surface area (Å²) >= 11 is 23.7. The van der Waals surface area contributed by atoms with Gasteiger partial charge < -0.3 is 0 Å².